The third kappa shape index (κ3) is 4.82. The summed E-state index contributed by atoms with van der Waals surface area (Å²) in [4.78, 5) is 34.3. The Morgan fingerprint density at radius 3 is 2.49 bits per heavy atom. The summed E-state index contributed by atoms with van der Waals surface area (Å²) < 4.78 is 11.2. The van der Waals surface area contributed by atoms with Crippen LogP contribution in [0.25, 0.3) is 22.1 Å². The lowest BCUT2D eigenvalue weighted by atomic mass is 9.99. The van der Waals surface area contributed by atoms with Crippen molar-refractivity contribution in [2.45, 2.75) is 19.6 Å². The first kappa shape index (κ1) is 23.5. The zero-order valence-electron chi connectivity index (χ0n) is 18.3. The van der Waals surface area contributed by atoms with Gasteiger partial charge in [0, 0.05) is 23.6 Å². The number of nitrogens with zero attached hydrogens (tertiary/aromatic N) is 1. The number of hydrogen-bond acceptors (Lipinski definition) is 7. The molecule has 35 heavy (non-hydrogen) atoms. The monoisotopic (exact) mass is 476 g/mol. The smallest absolute Gasteiger partial charge is 0.372 e. The van der Waals surface area contributed by atoms with Gasteiger partial charge in [-0.25, -0.2) is 4.79 Å². The number of non-ortho nitro benzene ring substituents is 1. The summed E-state index contributed by atoms with van der Waals surface area (Å²) in [6.07, 6.45) is -0.290. The van der Waals surface area contributed by atoms with Crippen molar-refractivity contribution in [3.05, 3.63) is 93.2 Å². The van der Waals surface area contributed by atoms with Crippen LogP contribution in [0.1, 0.15) is 27.2 Å². The number of carbonyl (C=O) groups is 2. The van der Waals surface area contributed by atoms with E-state index >= 15 is 0 Å². The van der Waals surface area contributed by atoms with Crippen LogP contribution in [-0.4, -0.2) is 27.1 Å². The van der Waals surface area contributed by atoms with E-state index in [9.17, 15) is 24.8 Å². The molecule has 0 unspecified atom stereocenters. The number of rotatable bonds is 9. The van der Waals surface area contributed by atoms with Gasteiger partial charge in [-0.2, -0.15) is 0 Å². The van der Waals surface area contributed by atoms with E-state index in [0.717, 1.165) is 5.56 Å². The van der Waals surface area contributed by atoms with Gasteiger partial charge >= 0.3 is 17.6 Å². The zero-order valence-corrected chi connectivity index (χ0v) is 18.3. The average molecular weight is 476 g/mol. The number of nitrogens with two attached hydrogens (primary N) is 1. The molecule has 0 aliphatic rings. The van der Waals surface area contributed by atoms with Crippen LogP contribution in [0.4, 0.5) is 5.69 Å². The van der Waals surface area contributed by atoms with Gasteiger partial charge < -0.3 is 25.1 Å². The molecule has 10 heteroatoms. The zero-order chi connectivity index (χ0) is 25.1. The molecule has 0 atom stereocenters. The van der Waals surface area contributed by atoms with E-state index < -0.39 is 28.3 Å². The standard InChI is InChI=1S/C25H20N2O8/c26-12-14-4-3-6-15(8-14)17-9-18-19(13-34-21-7-2-1-5-16(21)11-22(28)29)24(25(30)31)35-23(18)20(10-17)27(32)33/h1-10H,11-13,26H2,(H,28,29)(H,30,31). The van der Waals surface area contributed by atoms with Crippen LogP contribution in [0.2, 0.25) is 0 Å². The molecule has 0 saturated carbocycles. The summed E-state index contributed by atoms with van der Waals surface area (Å²) >= 11 is 0. The molecular weight excluding hydrogens is 456 g/mol. The van der Waals surface area contributed by atoms with Crippen molar-refractivity contribution < 1.29 is 33.9 Å². The minimum atomic E-state index is -1.42. The fraction of sp³-hybridized carbons (Fsp3) is 0.120. The lowest BCUT2D eigenvalue weighted by Gasteiger charge is -2.10. The van der Waals surface area contributed by atoms with Crippen molar-refractivity contribution in [3.63, 3.8) is 0 Å². The second kappa shape index (κ2) is 9.65. The van der Waals surface area contributed by atoms with Crippen LogP contribution in [0.15, 0.2) is 65.1 Å². The molecule has 4 rings (SSSR count). The van der Waals surface area contributed by atoms with E-state index in [1.165, 1.54) is 6.07 Å². The van der Waals surface area contributed by atoms with Gasteiger partial charge in [-0.1, -0.05) is 36.4 Å². The largest absolute Gasteiger partial charge is 0.488 e. The Bertz CT molecular complexity index is 1460. The summed E-state index contributed by atoms with van der Waals surface area (Å²) in [6, 6.07) is 16.5. The van der Waals surface area contributed by atoms with E-state index in [0.29, 0.717) is 16.7 Å². The third-order valence-electron chi connectivity index (χ3n) is 5.45. The maximum absolute atomic E-state index is 11.9. The lowest BCUT2D eigenvalue weighted by Crippen LogP contribution is -2.06. The number of para-hydroxylation sites is 1. The third-order valence-corrected chi connectivity index (χ3v) is 5.45. The Morgan fingerprint density at radius 1 is 1.03 bits per heavy atom. The van der Waals surface area contributed by atoms with Crippen molar-refractivity contribution in [2.24, 2.45) is 5.73 Å². The number of aliphatic carboxylic acids is 1. The van der Waals surface area contributed by atoms with Crippen LogP contribution in [0.3, 0.4) is 0 Å². The first-order chi connectivity index (χ1) is 16.8. The number of aromatic carboxylic acids is 1. The van der Waals surface area contributed by atoms with Gasteiger partial charge in [0.15, 0.2) is 0 Å². The van der Waals surface area contributed by atoms with Crippen LogP contribution in [0.5, 0.6) is 5.75 Å². The van der Waals surface area contributed by atoms with Gasteiger partial charge in [0.25, 0.3) is 0 Å². The number of fused-ring (bicyclic) bond motifs is 1. The summed E-state index contributed by atoms with van der Waals surface area (Å²) in [7, 11) is 0. The molecule has 0 fully saturated rings. The first-order valence-electron chi connectivity index (χ1n) is 10.5. The van der Waals surface area contributed by atoms with Gasteiger partial charge in [0.1, 0.15) is 12.4 Å². The van der Waals surface area contributed by atoms with Crippen LogP contribution in [0, 0.1) is 10.1 Å². The maximum Gasteiger partial charge on any atom is 0.372 e. The molecule has 1 aromatic heterocycles. The number of furan rings is 1. The van der Waals surface area contributed by atoms with E-state index in [1.54, 1.807) is 48.5 Å². The molecule has 0 amide bonds. The molecule has 4 aromatic rings. The second-order valence-corrected chi connectivity index (χ2v) is 7.72. The minimum Gasteiger partial charge on any atom is -0.488 e. The van der Waals surface area contributed by atoms with Crippen molar-refractivity contribution in [1.29, 1.82) is 0 Å². The van der Waals surface area contributed by atoms with E-state index in [-0.39, 0.29) is 41.9 Å². The lowest BCUT2D eigenvalue weighted by molar-refractivity contribution is -0.383. The number of hydrogen-bond donors (Lipinski definition) is 3. The molecule has 0 aliphatic heterocycles. The van der Waals surface area contributed by atoms with E-state index in [2.05, 4.69) is 0 Å². The fourth-order valence-corrected chi connectivity index (χ4v) is 3.83. The Balaban J connectivity index is 1.85. The van der Waals surface area contributed by atoms with E-state index in [1.807, 2.05) is 6.07 Å². The number of nitro benzene ring substituents is 1. The molecule has 0 bridgehead atoms. The molecule has 3 aromatic carbocycles. The average Bonchev–Trinajstić information content (AvgIpc) is 3.21. The Hall–Kier alpha value is -4.70. The minimum absolute atomic E-state index is 0.0950. The molecule has 0 spiro atoms. The predicted molar refractivity (Wildman–Crippen MR) is 125 cm³/mol. The molecule has 178 valence electrons. The molecule has 0 saturated heterocycles. The molecule has 1 heterocycles. The highest BCUT2D eigenvalue weighted by molar-refractivity contribution is 6.00. The van der Waals surface area contributed by atoms with Crippen LogP contribution >= 0.6 is 0 Å². The second-order valence-electron chi connectivity index (χ2n) is 7.72. The van der Waals surface area contributed by atoms with Crippen molar-refractivity contribution >= 4 is 28.6 Å². The molecule has 0 radical (unpaired) electrons. The normalized spacial score (nSPS) is 10.9. The summed E-state index contributed by atoms with van der Waals surface area (Å²) in [6.45, 7) is -0.0311. The molecule has 0 aliphatic carbocycles. The topological polar surface area (TPSA) is 166 Å². The fourth-order valence-electron chi connectivity index (χ4n) is 3.83. The van der Waals surface area contributed by atoms with Gasteiger partial charge in [-0.05, 0) is 34.9 Å². The summed E-state index contributed by atoms with van der Waals surface area (Å²) in [5.41, 5.74) is 7.59. The Labute approximate surface area is 198 Å². The summed E-state index contributed by atoms with van der Waals surface area (Å²) in [5, 5.41) is 30.9. The highest BCUT2D eigenvalue weighted by Gasteiger charge is 2.27. The van der Waals surface area contributed by atoms with Crippen LogP contribution in [-0.2, 0) is 24.4 Å². The molecule has 10 nitrogen and oxygen atoms in total. The number of carboxylic acids is 2. The highest BCUT2D eigenvalue weighted by Crippen LogP contribution is 2.38. The predicted octanol–water partition coefficient (Wildman–Crippen LogP) is 4.37. The summed E-state index contributed by atoms with van der Waals surface area (Å²) in [5.74, 6) is -2.71. The van der Waals surface area contributed by atoms with E-state index in [4.69, 9.17) is 20.0 Å². The van der Waals surface area contributed by atoms with Crippen molar-refractivity contribution in [3.8, 4) is 16.9 Å². The van der Waals surface area contributed by atoms with Crippen molar-refractivity contribution in [2.75, 3.05) is 0 Å². The van der Waals surface area contributed by atoms with Gasteiger partial charge in [0.2, 0.25) is 11.3 Å². The Kier molecular flexibility index (Phi) is 6.47. The number of carboxylic acid groups (broad SMARTS) is 2. The van der Waals surface area contributed by atoms with Gasteiger partial charge in [0.05, 0.1) is 16.9 Å². The quantitative estimate of drug-likeness (QED) is 0.235. The molecular formula is C25H20N2O8. The van der Waals surface area contributed by atoms with Crippen LogP contribution < -0.4 is 10.5 Å². The number of benzene rings is 3. The first-order valence-corrected chi connectivity index (χ1v) is 10.5. The SMILES string of the molecule is NCc1cccc(-c2cc([N+](=O)[O-])c3oc(C(=O)O)c(COc4ccccc4CC(=O)O)c3c2)c1. The number of nitro groups is 1. The Morgan fingerprint density at radius 2 is 1.80 bits per heavy atom. The van der Waals surface area contributed by atoms with Gasteiger partial charge in [-0.15, -0.1) is 0 Å². The van der Waals surface area contributed by atoms with Gasteiger partial charge in [-0.3, -0.25) is 14.9 Å². The molecule has 4 N–H and O–H groups in total. The maximum atomic E-state index is 11.9. The van der Waals surface area contributed by atoms with Crippen molar-refractivity contribution in [1.82, 2.24) is 0 Å². The number of ether oxygens (including phenoxy) is 1. The highest BCUT2D eigenvalue weighted by atomic mass is 16.6.